The molecule has 0 radical (unpaired) electrons. The first-order valence-electron chi connectivity index (χ1n) is 5.78. The quantitative estimate of drug-likeness (QED) is 0.753. The Morgan fingerprint density at radius 1 is 1.31 bits per heavy atom. The highest BCUT2D eigenvalue weighted by Crippen LogP contribution is 2.29. The summed E-state index contributed by atoms with van der Waals surface area (Å²) in [6, 6.07) is 8.83. The van der Waals surface area contributed by atoms with Crippen molar-refractivity contribution in [2.75, 3.05) is 14.1 Å². The van der Waals surface area contributed by atoms with Crippen molar-refractivity contribution in [3.05, 3.63) is 40.9 Å². The molecule has 0 spiro atoms. The van der Waals surface area contributed by atoms with Gasteiger partial charge < -0.3 is 4.90 Å². The van der Waals surface area contributed by atoms with E-state index in [1.165, 1.54) is 24.0 Å². The zero-order valence-corrected chi connectivity index (χ0v) is 10.7. The molecule has 2 heteroatoms. The van der Waals surface area contributed by atoms with Gasteiger partial charge >= 0.3 is 0 Å². The molecule has 16 heavy (non-hydrogen) atoms. The number of halogens is 1. The van der Waals surface area contributed by atoms with Crippen LogP contribution in [0.3, 0.4) is 0 Å². The highest BCUT2D eigenvalue weighted by Gasteiger charge is 2.18. The highest BCUT2D eigenvalue weighted by molar-refractivity contribution is 6.30. The normalized spacial score (nSPS) is 21.0. The SMILES string of the molecule is CN(C)C1CCC=C(c2cccc(Cl)c2)C1. The Morgan fingerprint density at radius 3 is 2.81 bits per heavy atom. The lowest BCUT2D eigenvalue weighted by Gasteiger charge is -2.28. The predicted molar refractivity (Wildman–Crippen MR) is 70.8 cm³/mol. The Kier molecular flexibility index (Phi) is 3.67. The van der Waals surface area contributed by atoms with Gasteiger partial charge in [0.15, 0.2) is 0 Å². The van der Waals surface area contributed by atoms with Crippen LogP contribution in [0.1, 0.15) is 24.8 Å². The van der Waals surface area contributed by atoms with Crippen LogP contribution < -0.4 is 0 Å². The van der Waals surface area contributed by atoms with Crippen LogP contribution in [0, 0.1) is 0 Å². The van der Waals surface area contributed by atoms with E-state index in [0.29, 0.717) is 6.04 Å². The summed E-state index contributed by atoms with van der Waals surface area (Å²) in [6.45, 7) is 0. The molecule has 0 heterocycles. The monoisotopic (exact) mass is 235 g/mol. The summed E-state index contributed by atoms with van der Waals surface area (Å²) < 4.78 is 0. The molecule has 0 aliphatic heterocycles. The van der Waals surface area contributed by atoms with Gasteiger partial charge in [-0.2, -0.15) is 0 Å². The van der Waals surface area contributed by atoms with Crippen LogP contribution in [-0.2, 0) is 0 Å². The molecule has 0 amide bonds. The Hall–Kier alpha value is -0.790. The minimum absolute atomic E-state index is 0.666. The summed E-state index contributed by atoms with van der Waals surface area (Å²) >= 11 is 6.03. The molecule has 0 saturated heterocycles. The number of allylic oxidation sites excluding steroid dienone is 1. The van der Waals surface area contributed by atoms with Crippen molar-refractivity contribution in [3.63, 3.8) is 0 Å². The van der Waals surface area contributed by atoms with E-state index in [-0.39, 0.29) is 0 Å². The van der Waals surface area contributed by atoms with E-state index in [4.69, 9.17) is 11.6 Å². The molecule has 0 bridgehead atoms. The molecule has 86 valence electrons. The Morgan fingerprint density at radius 2 is 2.12 bits per heavy atom. The van der Waals surface area contributed by atoms with Crippen molar-refractivity contribution in [2.24, 2.45) is 0 Å². The van der Waals surface area contributed by atoms with Crippen molar-refractivity contribution >= 4 is 17.2 Å². The maximum absolute atomic E-state index is 6.03. The number of nitrogens with zero attached hydrogens (tertiary/aromatic N) is 1. The fraction of sp³-hybridized carbons (Fsp3) is 0.429. The van der Waals surface area contributed by atoms with Crippen molar-refractivity contribution < 1.29 is 0 Å². The van der Waals surface area contributed by atoms with Crippen LogP contribution in [-0.4, -0.2) is 25.0 Å². The molecule has 1 aromatic rings. The lowest BCUT2D eigenvalue weighted by atomic mass is 9.90. The molecule has 2 rings (SSSR count). The summed E-state index contributed by atoms with van der Waals surface area (Å²) in [7, 11) is 4.32. The summed E-state index contributed by atoms with van der Waals surface area (Å²) in [5.41, 5.74) is 2.71. The molecule has 1 aromatic carbocycles. The number of benzene rings is 1. The number of hydrogen-bond acceptors (Lipinski definition) is 1. The van der Waals surface area contributed by atoms with Crippen LogP contribution in [0.25, 0.3) is 5.57 Å². The molecule has 1 atom stereocenters. The minimum atomic E-state index is 0.666. The van der Waals surface area contributed by atoms with Crippen LogP contribution in [0.5, 0.6) is 0 Å². The third kappa shape index (κ3) is 2.66. The first-order chi connectivity index (χ1) is 7.66. The molecule has 0 fully saturated rings. The van der Waals surface area contributed by atoms with E-state index in [1.807, 2.05) is 12.1 Å². The van der Waals surface area contributed by atoms with Gasteiger partial charge in [0, 0.05) is 11.1 Å². The molecule has 0 N–H and O–H groups in total. The molecule has 1 unspecified atom stereocenters. The smallest absolute Gasteiger partial charge is 0.0412 e. The minimum Gasteiger partial charge on any atom is -0.306 e. The predicted octanol–water partition coefficient (Wildman–Crippen LogP) is 3.84. The first kappa shape index (κ1) is 11.7. The largest absolute Gasteiger partial charge is 0.306 e. The Balaban J connectivity index is 2.19. The molecule has 1 aliphatic rings. The molecule has 1 nitrogen and oxygen atoms in total. The van der Waals surface area contributed by atoms with Crippen molar-refractivity contribution in [2.45, 2.75) is 25.3 Å². The second-order valence-corrected chi connectivity index (χ2v) is 5.08. The fourth-order valence-corrected chi connectivity index (χ4v) is 2.44. The van der Waals surface area contributed by atoms with E-state index in [1.54, 1.807) is 0 Å². The van der Waals surface area contributed by atoms with Gasteiger partial charge in [-0.15, -0.1) is 0 Å². The van der Waals surface area contributed by atoms with E-state index in [2.05, 4.69) is 37.2 Å². The van der Waals surface area contributed by atoms with Crippen LogP contribution in [0.2, 0.25) is 5.02 Å². The van der Waals surface area contributed by atoms with Crippen LogP contribution in [0.4, 0.5) is 0 Å². The standard InChI is InChI=1S/C14H18ClN/c1-16(2)14-8-4-6-12(10-14)11-5-3-7-13(15)9-11/h3,5-7,9,14H,4,8,10H2,1-2H3. The topological polar surface area (TPSA) is 3.24 Å². The van der Waals surface area contributed by atoms with E-state index >= 15 is 0 Å². The van der Waals surface area contributed by atoms with E-state index < -0.39 is 0 Å². The van der Waals surface area contributed by atoms with E-state index in [9.17, 15) is 0 Å². The van der Waals surface area contributed by atoms with E-state index in [0.717, 1.165) is 11.4 Å². The van der Waals surface area contributed by atoms with Crippen LogP contribution in [0.15, 0.2) is 30.3 Å². The lowest BCUT2D eigenvalue weighted by Crippen LogP contribution is -2.29. The van der Waals surface area contributed by atoms with Gasteiger partial charge in [-0.1, -0.05) is 29.8 Å². The summed E-state index contributed by atoms with van der Waals surface area (Å²) in [5, 5.41) is 0.824. The summed E-state index contributed by atoms with van der Waals surface area (Å²) in [6.07, 6.45) is 5.92. The second kappa shape index (κ2) is 5.03. The number of hydrogen-bond donors (Lipinski definition) is 0. The third-order valence-corrected chi connectivity index (χ3v) is 3.51. The summed E-state index contributed by atoms with van der Waals surface area (Å²) in [5.74, 6) is 0. The van der Waals surface area contributed by atoms with Gasteiger partial charge in [0.2, 0.25) is 0 Å². The first-order valence-corrected chi connectivity index (χ1v) is 6.16. The number of rotatable bonds is 2. The Labute approximate surface area is 103 Å². The van der Waals surface area contributed by atoms with Crippen molar-refractivity contribution in [1.29, 1.82) is 0 Å². The maximum atomic E-state index is 6.03. The third-order valence-electron chi connectivity index (χ3n) is 3.27. The second-order valence-electron chi connectivity index (χ2n) is 4.64. The van der Waals surface area contributed by atoms with Gasteiger partial charge in [0.05, 0.1) is 0 Å². The van der Waals surface area contributed by atoms with Gasteiger partial charge in [-0.25, -0.2) is 0 Å². The molecule has 1 aliphatic carbocycles. The zero-order chi connectivity index (χ0) is 11.5. The van der Waals surface area contributed by atoms with Crippen LogP contribution >= 0.6 is 11.6 Å². The van der Waals surface area contributed by atoms with Crippen molar-refractivity contribution in [3.8, 4) is 0 Å². The molecular weight excluding hydrogens is 218 g/mol. The zero-order valence-electron chi connectivity index (χ0n) is 9.91. The van der Waals surface area contributed by atoms with Gasteiger partial charge in [-0.3, -0.25) is 0 Å². The van der Waals surface area contributed by atoms with Gasteiger partial charge in [0.25, 0.3) is 0 Å². The van der Waals surface area contributed by atoms with Crippen molar-refractivity contribution in [1.82, 2.24) is 4.90 Å². The lowest BCUT2D eigenvalue weighted by molar-refractivity contribution is 0.279. The average Bonchev–Trinajstić information content (AvgIpc) is 2.29. The molecule has 0 saturated carbocycles. The fourth-order valence-electron chi connectivity index (χ4n) is 2.25. The van der Waals surface area contributed by atoms with Gasteiger partial charge in [-0.05, 0) is 56.6 Å². The Bertz CT molecular complexity index is 395. The average molecular weight is 236 g/mol. The molecular formula is C14H18ClN. The van der Waals surface area contributed by atoms with Gasteiger partial charge in [0.1, 0.15) is 0 Å². The highest BCUT2D eigenvalue weighted by atomic mass is 35.5. The maximum Gasteiger partial charge on any atom is 0.0412 e. The molecule has 0 aromatic heterocycles. The summed E-state index contributed by atoms with van der Waals surface area (Å²) in [4.78, 5) is 2.32.